The van der Waals surface area contributed by atoms with Gasteiger partial charge in [-0.3, -0.25) is 4.79 Å². The van der Waals surface area contributed by atoms with Gasteiger partial charge in [-0.1, -0.05) is 66.4 Å². The Kier molecular flexibility index (Phi) is 7.39. The molecule has 0 saturated heterocycles. The molecule has 0 spiro atoms. The lowest BCUT2D eigenvalue weighted by Crippen LogP contribution is -2.33. The molecule has 2 aromatic heterocycles. The van der Waals surface area contributed by atoms with Crippen molar-refractivity contribution >= 4 is 34.7 Å². The van der Waals surface area contributed by atoms with Crippen LogP contribution in [0.1, 0.15) is 23.2 Å². The minimum absolute atomic E-state index is 0.0404. The van der Waals surface area contributed by atoms with Gasteiger partial charge in [-0.05, 0) is 42.5 Å². The highest BCUT2D eigenvalue weighted by atomic mass is 32.2. The first-order valence-electron chi connectivity index (χ1n) is 10.6. The molecular weight excluding hydrogens is 436 g/mol. The lowest BCUT2D eigenvalue weighted by atomic mass is 10.1. The van der Waals surface area contributed by atoms with E-state index in [0.29, 0.717) is 0 Å². The van der Waals surface area contributed by atoms with E-state index in [1.165, 1.54) is 22.2 Å². The summed E-state index contributed by atoms with van der Waals surface area (Å²) in [4.78, 5) is 16.0. The summed E-state index contributed by atoms with van der Waals surface area (Å²) < 4.78 is 2.17. The summed E-state index contributed by atoms with van der Waals surface area (Å²) in [6.07, 6.45) is 1.63. The Morgan fingerprint density at radius 2 is 1.75 bits per heavy atom. The number of benzene rings is 2. The van der Waals surface area contributed by atoms with Gasteiger partial charge < -0.3 is 9.47 Å². The standard InChI is InChI=1S/C25H26N4OS2/c1-19(24(30)28(2)21-12-7-4-8-13-21)32-25-27-26-23(18-22-14-9-17-31-22)29(25)16-15-20-10-5-3-6-11-20/h3-14,17,19H,15-16,18H2,1-2H3. The monoisotopic (exact) mass is 462 g/mol. The smallest absolute Gasteiger partial charge is 0.240 e. The van der Waals surface area contributed by atoms with Gasteiger partial charge in [0.2, 0.25) is 5.91 Å². The fourth-order valence-electron chi connectivity index (χ4n) is 3.48. The molecule has 32 heavy (non-hydrogen) atoms. The number of aryl methyl sites for hydroxylation is 1. The maximum atomic E-state index is 13.1. The molecule has 1 amide bonds. The average molecular weight is 463 g/mol. The maximum absolute atomic E-state index is 13.1. The first-order valence-corrected chi connectivity index (χ1v) is 12.4. The summed E-state index contributed by atoms with van der Waals surface area (Å²) in [7, 11) is 1.82. The van der Waals surface area contributed by atoms with E-state index in [1.54, 1.807) is 16.2 Å². The van der Waals surface area contributed by atoms with Crippen LogP contribution in [0.2, 0.25) is 0 Å². The molecular formula is C25H26N4OS2. The summed E-state index contributed by atoms with van der Waals surface area (Å²) in [5.41, 5.74) is 2.15. The van der Waals surface area contributed by atoms with Gasteiger partial charge >= 0.3 is 0 Å². The predicted octanol–water partition coefficient (Wildman–Crippen LogP) is 5.32. The molecule has 0 fully saturated rings. The second-order valence-electron chi connectivity index (χ2n) is 7.54. The average Bonchev–Trinajstić information content (AvgIpc) is 3.48. The molecule has 2 aromatic carbocycles. The zero-order valence-corrected chi connectivity index (χ0v) is 19.9. The minimum Gasteiger partial charge on any atom is -0.315 e. The fraction of sp³-hybridized carbons (Fsp3) is 0.240. The molecule has 0 saturated carbocycles. The van der Waals surface area contributed by atoms with Crippen LogP contribution >= 0.6 is 23.1 Å². The number of hydrogen-bond donors (Lipinski definition) is 0. The number of nitrogens with zero attached hydrogens (tertiary/aromatic N) is 4. The van der Waals surface area contributed by atoms with Gasteiger partial charge in [0.15, 0.2) is 5.16 Å². The lowest BCUT2D eigenvalue weighted by molar-refractivity contribution is -0.117. The van der Waals surface area contributed by atoms with Gasteiger partial charge in [0.1, 0.15) is 5.82 Å². The van der Waals surface area contributed by atoms with Crippen LogP contribution in [0.15, 0.2) is 83.3 Å². The number of carbonyl (C=O) groups excluding carboxylic acids is 1. The van der Waals surface area contributed by atoms with Crippen molar-refractivity contribution < 1.29 is 4.79 Å². The third kappa shape index (κ3) is 5.47. The number of carbonyl (C=O) groups is 1. The lowest BCUT2D eigenvalue weighted by Gasteiger charge is -2.21. The highest BCUT2D eigenvalue weighted by molar-refractivity contribution is 8.00. The quantitative estimate of drug-likeness (QED) is 0.316. The first-order chi connectivity index (χ1) is 15.6. The fourth-order valence-corrected chi connectivity index (χ4v) is 5.16. The van der Waals surface area contributed by atoms with Crippen LogP contribution in [-0.4, -0.2) is 33.0 Å². The van der Waals surface area contributed by atoms with Crippen molar-refractivity contribution in [3.8, 4) is 0 Å². The summed E-state index contributed by atoms with van der Waals surface area (Å²) in [6.45, 7) is 2.71. The Morgan fingerprint density at radius 1 is 1.03 bits per heavy atom. The van der Waals surface area contributed by atoms with Crippen molar-refractivity contribution in [3.05, 3.63) is 94.4 Å². The molecule has 4 aromatic rings. The topological polar surface area (TPSA) is 51.0 Å². The Morgan fingerprint density at radius 3 is 2.44 bits per heavy atom. The first kappa shape index (κ1) is 22.3. The minimum atomic E-state index is -0.283. The third-order valence-electron chi connectivity index (χ3n) is 5.28. The number of para-hydroxylation sites is 1. The van der Waals surface area contributed by atoms with Gasteiger partial charge in [-0.25, -0.2) is 0 Å². The van der Waals surface area contributed by atoms with E-state index in [4.69, 9.17) is 0 Å². The van der Waals surface area contributed by atoms with Gasteiger partial charge in [0.05, 0.1) is 5.25 Å². The second kappa shape index (κ2) is 10.6. The number of thiophene rings is 1. The number of hydrogen-bond acceptors (Lipinski definition) is 5. The second-order valence-corrected chi connectivity index (χ2v) is 9.88. The molecule has 0 radical (unpaired) electrons. The zero-order valence-electron chi connectivity index (χ0n) is 18.2. The van der Waals surface area contributed by atoms with Crippen LogP contribution in [0.5, 0.6) is 0 Å². The number of amides is 1. The van der Waals surface area contributed by atoms with E-state index in [-0.39, 0.29) is 11.2 Å². The number of anilines is 1. The van der Waals surface area contributed by atoms with Crippen LogP contribution in [0.25, 0.3) is 0 Å². The van der Waals surface area contributed by atoms with Crippen LogP contribution in [0.4, 0.5) is 5.69 Å². The van der Waals surface area contributed by atoms with Crippen molar-refractivity contribution in [1.82, 2.24) is 14.8 Å². The molecule has 4 rings (SSSR count). The summed E-state index contributed by atoms with van der Waals surface area (Å²) in [6, 6.07) is 24.3. The van der Waals surface area contributed by atoms with E-state index >= 15 is 0 Å². The summed E-state index contributed by atoms with van der Waals surface area (Å²) in [5, 5.41) is 11.5. The molecule has 0 N–H and O–H groups in total. The van der Waals surface area contributed by atoms with Gasteiger partial charge in [0.25, 0.3) is 0 Å². The van der Waals surface area contributed by atoms with Crippen molar-refractivity contribution in [2.45, 2.75) is 36.7 Å². The van der Waals surface area contributed by atoms with Crippen molar-refractivity contribution in [3.63, 3.8) is 0 Å². The van der Waals surface area contributed by atoms with E-state index < -0.39 is 0 Å². The molecule has 0 bridgehead atoms. The molecule has 2 heterocycles. The Bertz CT molecular complexity index is 1130. The van der Waals surface area contributed by atoms with Crippen LogP contribution in [0.3, 0.4) is 0 Å². The molecule has 7 heteroatoms. The van der Waals surface area contributed by atoms with Gasteiger partial charge in [-0.15, -0.1) is 21.5 Å². The zero-order chi connectivity index (χ0) is 22.3. The summed E-state index contributed by atoms with van der Waals surface area (Å²) in [5.74, 6) is 0.973. The summed E-state index contributed by atoms with van der Waals surface area (Å²) >= 11 is 3.19. The normalized spacial score (nSPS) is 11.9. The third-order valence-corrected chi connectivity index (χ3v) is 7.22. The van der Waals surface area contributed by atoms with Crippen molar-refractivity contribution in [1.29, 1.82) is 0 Å². The molecule has 1 unspecified atom stereocenters. The van der Waals surface area contributed by atoms with E-state index in [2.05, 4.69) is 56.5 Å². The Hall–Kier alpha value is -2.90. The largest absolute Gasteiger partial charge is 0.315 e. The number of rotatable bonds is 9. The van der Waals surface area contributed by atoms with Crippen LogP contribution in [0, 0.1) is 0 Å². The van der Waals surface area contributed by atoms with Gasteiger partial charge in [-0.2, -0.15) is 0 Å². The molecule has 0 aliphatic rings. The number of aromatic nitrogens is 3. The number of thioether (sulfide) groups is 1. The maximum Gasteiger partial charge on any atom is 0.240 e. The highest BCUT2D eigenvalue weighted by Gasteiger charge is 2.23. The molecule has 164 valence electrons. The molecule has 5 nitrogen and oxygen atoms in total. The van der Waals surface area contributed by atoms with E-state index in [0.717, 1.165) is 36.1 Å². The van der Waals surface area contributed by atoms with E-state index in [9.17, 15) is 4.79 Å². The van der Waals surface area contributed by atoms with Crippen LogP contribution < -0.4 is 4.90 Å². The van der Waals surface area contributed by atoms with Crippen LogP contribution in [-0.2, 0) is 24.2 Å². The van der Waals surface area contributed by atoms with E-state index in [1.807, 2.05) is 50.4 Å². The van der Waals surface area contributed by atoms with Crippen molar-refractivity contribution in [2.24, 2.45) is 0 Å². The Labute approximate surface area is 197 Å². The van der Waals surface area contributed by atoms with Crippen molar-refractivity contribution in [2.75, 3.05) is 11.9 Å². The predicted molar refractivity (Wildman–Crippen MR) is 132 cm³/mol. The Balaban J connectivity index is 1.52. The highest BCUT2D eigenvalue weighted by Crippen LogP contribution is 2.27. The molecule has 0 aliphatic carbocycles. The SMILES string of the molecule is CC(Sc1nnc(Cc2cccs2)n1CCc1ccccc1)C(=O)N(C)c1ccccc1. The molecule has 0 aliphatic heterocycles. The van der Waals surface area contributed by atoms with Gasteiger partial charge in [0, 0.05) is 30.6 Å². The molecule has 1 atom stereocenters.